The van der Waals surface area contributed by atoms with Gasteiger partial charge in [0.2, 0.25) is 5.91 Å². The number of hydrogen-bond donors (Lipinski definition) is 1. The molecular weight excluding hydrogens is 442 g/mol. The summed E-state index contributed by atoms with van der Waals surface area (Å²) in [6, 6.07) is 11.0. The monoisotopic (exact) mass is 468 g/mol. The number of halogens is 2. The van der Waals surface area contributed by atoms with Gasteiger partial charge >= 0.3 is 6.61 Å². The minimum absolute atomic E-state index is 0.0288. The number of benzene rings is 2. The highest BCUT2D eigenvalue weighted by Gasteiger charge is 2.30. The summed E-state index contributed by atoms with van der Waals surface area (Å²) in [5.74, 6) is -0.0259. The van der Waals surface area contributed by atoms with Crippen molar-refractivity contribution in [1.29, 1.82) is 0 Å². The summed E-state index contributed by atoms with van der Waals surface area (Å²) in [5.41, 5.74) is 1.32. The Morgan fingerprint density at radius 2 is 1.84 bits per heavy atom. The molecule has 0 saturated heterocycles. The van der Waals surface area contributed by atoms with Crippen molar-refractivity contribution in [3.8, 4) is 11.5 Å². The van der Waals surface area contributed by atoms with Crippen LogP contribution >= 0.6 is 0 Å². The second-order valence-corrected chi connectivity index (χ2v) is 9.59. The van der Waals surface area contributed by atoms with Crippen molar-refractivity contribution in [1.82, 2.24) is 4.90 Å². The first-order valence-corrected chi connectivity index (χ1v) is 12.1. The van der Waals surface area contributed by atoms with Crippen molar-refractivity contribution in [3.63, 3.8) is 0 Å². The molecule has 1 N–H and O–H groups in total. The molecule has 174 valence electrons. The molecule has 0 spiro atoms. The number of rotatable bonds is 11. The molecule has 7 nitrogen and oxygen atoms in total. The lowest BCUT2D eigenvalue weighted by atomic mass is 10.2. The molecule has 0 heterocycles. The first-order valence-electron chi connectivity index (χ1n) is 10.2. The van der Waals surface area contributed by atoms with Gasteiger partial charge in [-0.3, -0.25) is 9.69 Å². The maximum atomic E-state index is 12.6. The molecule has 3 rings (SSSR count). The fourth-order valence-corrected chi connectivity index (χ4v) is 3.90. The fraction of sp³-hybridized carbons (Fsp3) is 0.409. The summed E-state index contributed by atoms with van der Waals surface area (Å²) >= 11 is 0. The SMILES string of the molecule is CCOc1cc(CN(CC(=O)Nc2ccc(S(C)(=O)=O)cc2)C2CC2)ccc1OC(F)F. The van der Waals surface area contributed by atoms with Crippen LogP contribution in [0.2, 0.25) is 0 Å². The highest BCUT2D eigenvalue weighted by Crippen LogP contribution is 2.33. The highest BCUT2D eigenvalue weighted by atomic mass is 32.2. The van der Waals surface area contributed by atoms with Crippen molar-refractivity contribution >= 4 is 21.4 Å². The molecule has 0 bridgehead atoms. The molecule has 32 heavy (non-hydrogen) atoms. The van der Waals surface area contributed by atoms with Gasteiger partial charge in [-0.15, -0.1) is 0 Å². The van der Waals surface area contributed by atoms with E-state index in [1.807, 2.05) is 4.90 Å². The first kappa shape index (κ1) is 23.9. The standard InChI is InChI=1S/C22H26F2N2O5S/c1-3-30-20-12-15(4-11-19(20)31-22(23)24)13-26(17-7-8-17)14-21(27)25-16-5-9-18(10-6-16)32(2,28)29/h4-6,9-12,17,22H,3,7-8,13-14H2,1-2H3,(H,25,27). The third-order valence-electron chi connectivity index (χ3n) is 4.89. The van der Waals surface area contributed by atoms with Gasteiger partial charge in [-0.05, 0) is 61.7 Å². The Kier molecular flexibility index (Phi) is 7.68. The van der Waals surface area contributed by atoms with E-state index >= 15 is 0 Å². The van der Waals surface area contributed by atoms with E-state index in [1.54, 1.807) is 31.2 Å². The Hall–Kier alpha value is -2.72. The Labute approximate surface area is 186 Å². The van der Waals surface area contributed by atoms with Gasteiger partial charge < -0.3 is 14.8 Å². The minimum Gasteiger partial charge on any atom is -0.490 e. The van der Waals surface area contributed by atoms with Crippen molar-refractivity contribution in [3.05, 3.63) is 48.0 Å². The second kappa shape index (κ2) is 10.3. The summed E-state index contributed by atoms with van der Waals surface area (Å²) in [6.45, 7) is -0.311. The molecule has 10 heteroatoms. The van der Waals surface area contributed by atoms with E-state index in [-0.39, 0.29) is 34.9 Å². The zero-order valence-electron chi connectivity index (χ0n) is 17.9. The number of alkyl halides is 2. The van der Waals surface area contributed by atoms with Gasteiger partial charge in [0.1, 0.15) is 0 Å². The third-order valence-corrected chi connectivity index (χ3v) is 6.01. The van der Waals surface area contributed by atoms with Crippen molar-refractivity contribution in [2.45, 2.75) is 43.9 Å². The normalized spacial score (nSPS) is 13.9. The molecule has 0 unspecified atom stereocenters. The maximum absolute atomic E-state index is 12.6. The quantitative estimate of drug-likeness (QED) is 0.542. The summed E-state index contributed by atoms with van der Waals surface area (Å²) in [4.78, 5) is 14.8. The summed E-state index contributed by atoms with van der Waals surface area (Å²) in [6.07, 6.45) is 3.07. The van der Waals surface area contributed by atoms with Gasteiger partial charge in [0, 0.05) is 24.5 Å². The molecule has 1 fully saturated rings. The largest absolute Gasteiger partial charge is 0.490 e. The number of carbonyl (C=O) groups is 1. The first-order chi connectivity index (χ1) is 15.2. The summed E-state index contributed by atoms with van der Waals surface area (Å²) < 4.78 is 58.3. The smallest absolute Gasteiger partial charge is 0.387 e. The molecule has 2 aromatic rings. The molecule has 1 amide bonds. The summed E-state index contributed by atoms with van der Waals surface area (Å²) in [5, 5.41) is 2.78. The van der Waals surface area contributed by atoms with Crippen LogP contribution in [0, 0.1) is 0 Å². The van der Waals surface area contributed by atoms with Gasteiger partial charge in [-0.2, -0.15) is 8.78 Å². The number of amides is 1. The Morgan fingerprint density at radius 1 is 1.16 bits per heavy atom. The van der Waals surface area contributed by atoms with Crippen LogP contribution in [0.1, 0.15) is 25.3 Å². The van der Waals surface area contributed by atoms with Crippen LogP contribution in [0.3, 0.4) is 0 Å². The molecule has 0 radical (unpaired) electrons. The van der Waals surface area contributed by atoms with Gasteiger partial charge in [-0.25, -0.2) is 8.42 Å². The van der Waals surface area contributed by atoms with Crippen LogP contribution in [0.15, 0.2) is 47.4 Å². The fourth-order valence-electron chi connectivity index (χ4n) is 3.27. The van der Waals surface area contributed by atoms with Gasteiger partial charge in [0.05, 0.1) is 18.0 Å². The number of ether oxygens (including phenoxy) is 2. The van der Waals surface area contributed by atoms with Gasteiger partial charge in [0.25, 0.3) is 0 Å². The van der Waals surface area contributed by atoms with E-state index < -0.39 is 16.4 Å². The maximum Gasteiger partial charge on any atom is 0.387 e. The lowest BCUT2D eigenvalue weighted by molar-refractivity contribution is -0.117. The molecule has 1 aliphatic rings. The Balaban J connectivity index is 1.66. The van der Waals surface area contributed by atoms with Crippen LogP contribution in [-0.4, -0.2) is 51.3 Å². The molecular formula is C22H26F2N2O5S. The number of nitrogens with zero attached hydrogens (tertiary/aromatic N) is 1. The number of sulfone groups is 1. The van der Waals surface area contributed by atoms with Crippen molar-refractivity contribution in [2.75, 3.05) is 24.7 Å². The zero-order valence-corrected chi connectivity index (χ0v) is 18.7. The summed E-state index contributed by atoms with van der Waals surface area (Å²) in [7, 11) is -3.30. The lowest BCUT2D eigenvalue weighted by Crippen LogP contribution is -2.34. The number of nitrogens with one attached hydrogen (secondary N) is 1. The van der Waals surface area contributed by atoms with Crippen molar-refractivity contribution in [2.24, 2.45) is 0 Å². The molecule has 0 atom stereocenters. The number of hydrogen-bond acceptors (Lipinski definition) is 6. The Bertz CT molecular complexity index is 1040. The van der Waals surface area contributed by atoms with Crippen LogP contribution < -0.4 is 14.8 Å². The van der Waals surface area contributed by atoms with E-state index in [2.05, 4.69) is 10.1 Å². The zero-order chi connectivity index (χ0) is 23.3. The second-order valence-electron chi connectivity index (χ2n) is 7.57. The van der Waals surface area contributed by atoms with Gasteiger partial charge in [-0.1, -0.05) is 6.07 Å². The average molecular weight is 469 g/mol. The van der Waals surface area contributed by atoms with E-state index in [4.69, 9.17) is 4.74 Å². The minimum atomic E-state index is -3.30. The van der Waals surface area contributed by atoms with E-state index in [0.29, 0.717) is 18.8 Å². The molecule has 1 saturated carbocycles. The molecule has 2 aromatic carbocycles. The van der Waals surface area contributed by atoms with E-state index in [9.17, 15) is 22.0 Å². The van der Waals surface area contributed by atoms with Crippen LogP contribution in [0.5, 0.6) is 11.5 Å². The highest BCUT2D eigenvalue weighted by molar-refractivity contribution is 7.90. The third kappa shape index (κ3) is 6.89. The van der Waals surface area contributed by atoms with Crippen LogP contribution in [0.4, 0.5) is 14.5 Å². The molecule has 0 aliphatic heterocycles. The molecule has 1 aliphatic carbocycles. The average Bonchev–Trinajstić information content (AvgIpc) is 3.54. The number of anilines is 1. The predicted molar refractivity (Wildman–Crippen MR) is 116 cm³/mol. The Morgan fingerprint density at radius 3 is 2.41 bits per heavy atom. The number of carbonyl (C=O) groups excluding carboxylic acids is 1. The van der Waals surface area contributed by atoms with Crippen LogP contribution in [-0.2, 0) is 21.2 Å². The van der Waals surface area contributed by atoms with Gasteiger partial charge in [0.15, 0.2) is 21.3 Å². The molecule has 0 aromatic heterocycles. The van der Waals surface area contributed by atoms with E-state index in [1.165, 1.54) is 18.2 Å². The lowest BCUT2D eigenvalue weighted by Gasteiger charge is -2.22. The topological polar surface area (TPSA) is 84.9 Å². The van der Waals surface area contributed by atoms with E-state index in [0.717, 1.165) is 24.7 Å². The van der Waals surface area contributed by atoms with Crippen LogP contribution in [0.25, 0.3) is 0 Å². The van der Waals surface area contributed by atoms with Crippen molar-refractivity contribution < 1.29 is 31.5 Å². The predicted octanol–water partition coefficient (Wildman–Crippen LogP) is 3.69.